The number of carboxylic acids is 1. The van der Waals surface area contributed by atoms with Gasteiger partial charge >= 0.3 is 5.97 Å². The summed E-state index contributed by atoms with van der Waals surface area (Å²) in [6.45, 7) is 0.926. The maximum Gasteiger partial charge on any atom is 0.307 e. The van der Waals surface area contributed by atoms with Gasteiger partial charge in [0.1, 0.15) is 18.2 Å². The van der Waals surface area contributed by atoms with Crippen molar-refractivity contribution in [3.8, 4) is 5.75 Å². The van der Waals surface area contributed by atoms with Crippen molar-refractivity contribution in [2.24, 2.45) is 5.92 Å². The number of halogens is 2. The lowest BCUT2D eigenvalue weighted by atomic mass is 9.78. The molecular weight excluding hydrogens is 578 g/mol. The van der Waals surface area contributed by atoms with Gasteiger partial charge in [0.05, 0.1) is 28.2 Å². The van der Waals surface area contributed by atoms with Crippen molar-refractivity contribution in [2.75, 3.05) is 0 Å². The Morgan fingerprint density at radius 1 is 0.974 bits per heavy atom. The molecule has 1 saturated carbocycles. The maximum absolute atomic E-state index is 12.2. The summed E-state index contributed by atoms with van der Waals surface area (Å²) in [6, 6.07) is 23.7. The van der Waals surface area contributed by atoms with Crippen LogP contribution < -0.4 is 4.74 Å². The van der Waals surface area contributed by atoms with Gasteiger partial charge in [-0.1, -0.05) is 64.6 Å². The largest absolute Gasteiger partial charge is 0.487 e. The Hall–Kier alpha value is -3.42. The van der Waals surface area contributed by atoms with E-state index < -0.39 is 11.9 Å². The standard InChI is InChI=1S/C31H27BrClN3O3/c32-21-9-5-19(6-10-21)17-36-29-14-13-24(39-18-23-12-8-20-7-11-22(33)15-27(20)34-23)16-28(29)35-30(36)25-3-1-2-4-26(25)31(37)38/h5-16,25-26H,1-4,17-18H2,(H,37,38)/t25-,26+/m1/s1. The van der Waals surface area contributed by atoms with E-state index in [-0.39, 0.29) is 5.92 Å². The average Bonchev–Trinajstić information content (AvgIpc) is 3.30. The molecule has 0 unspecified atom stereocenters. The van der Waals surface area contributed by atoms with Crippen LogP contribution in [-0.4, -0.2) is 25.6 Å². The van der Waals surface area contributed by atoms with E-state index in [9.17, 15) is 9.90 Å². The molecule has 1 aliphatic carbocycles. The minimum atomic E-state index is -0.741. The van der Waals surface area contributed by atoms with Crippen molar-refractivity contribution in [3.63, 3.8) is 0 Å². The van der Waals surface area contributed by atoms with Crippen LogP contribution in [0.5, 0.6) is 5.75 Å². The van der Waals surface area contributed by atoms with Crippen molar-refractivity contribution in [2.45, 2.75) is 44.8 Å². The van der Waals surface area contributed by atoms with Gasteiger partial charge in [-0.3, -0.25) is 4.79 Å². The molecule has 0 aliphatic heterocycles. The third-order valence-electron chi connectivity index (χ3n) is 7.52. The Kier molecular flexibility index (Phi) is 7.28. The molecule has 198 valence electrons. The molecular formula is C31H27BrClN3O3. The fourth-order valence-corrected chi connectivity index (χ4v) is 5.98. The number of imidazole rings is 1. The third-order valence-corrected chi connectivity index (χ3v) is 8.28. The van der Waals surface area contributed by atoms with E-state index in [4.69, 9.17) is 21.3 Å². The average molecular weight is 605 g/mol. The number of fused-ring (bicyclic) bond motifs is 2. The molecule has 0 radical (unpaired) electrons. The third kappa shape index (κ3) is 5.52. The number of ether oxygens (including phenoxy) is 1. The first-order valence-electron chi connectivity index (χ1n) is 13.1. The van der Waals surface area contributed by atoms with E-state index in [1.165, 1.54) is 0 Å². The van der Waals surface area contributed by atoms with E-state index >= 15 is 0 Å². The first-order valence-corrected chi connectivity index (χ1v) is 14.3. The van der Waals surface area contributed by atoms with Gasteiger partial charge in [-0.15, -0.1) is 0 Å². The van der Waals surface area contributed by atoms with Gasteiger partial charge in [0, 0.05) is 33.4 Å². The van der Waals surface area contributed by atoms with Crippen LogP contribution in [0.1, 0.15) is 48.7 Å². The second kappa shape index (κ2) is 11.0. The number of carboxylic acid groups (broad SMARTS) is 1. The normalized spacial score (nSPS) is 17.5. The number of aliphatic carboxylic acids is 1. The lowest BCUT2D eigenvalue weighted by molar-refractivity contribution is -0.143. The zero-order valence-corrected chi connectivity index (χ0v) is 23.5. The highest BCUT2D eigenvalue weighted by Crippen LogP contribution is 2.39. The van der Waals surface area contributed by atoms with Gasteiger partial charge in [0.15, 0.2) is 0 Å². The predicted octanol–water partition coefficient (Wildman–Crippen LogP) is 7.99. The Morgan fingerprint density at radius 3 is 2.59 bits per heavy atom. The van der Waals surface area contributed by atoms with E-state index in [2.05, 4.69) is 37.6 Å². The zero-order valence-electron chi connectivity index (χ0n) is 21.2. The number of aromatic nitrogens is 3. The van der Waals surface area contributed by atoms with Gasteiger partial charge in [-0.25, -0.2) is 9.97 Å². The summed E-state index contributed by atoms with van der Waals surface area (Å²) < 4.78 is 9.32. The van der Waals surface area contributed by atoms with Crippen molar-refractivity contribution < 1.29 is 14.6 Å². The SMILES string of the molecule is O=C(O)[C@H]1CCCC[C@H]1c1nc2cc(OCc3ccc4ccc(Cl)cc4n3)ccc2n1Cc1ccc(Br)cc1. The summed E-state index contributed by atoms with van der Waals surface area (Å²) in [5.74, 6) is 0.230. The molecule has 0 saturated heterocycles. The number of pyridine rings is 1. The molecule has 2 aromatic heterocycles. The molecule has 6 nitrogen and oxygen atoms in total. The number of benzene rings is 3. The molecule has 0 amide bonds. The molecule has 1 fully saturated rings. The van der Waals surface area contributed by atoms with E-state index in [0.29, 0.717) is 30.3 Å². The highest BCUT2D eigenvalue weighted by atomic mass is 79.9. The quantitative estimate of drug-likeness (QED) is 0.204. The molecule has 2 heterocycles. The van der Waals surface area contributed by atoms with Crippen molar-refractivity contribution in [1.29, 1.82) is 0 Å². The van der Waals surface area contributed by atoms with E-state index in [1.54, 1.807) is 0 Å². The Balaban J connectivity index is 1.33. The molecule has 0 spiro atoms. The van der Waals surface area contributed by atoms with Crippen LogP contribution in [0, 0.1) is 5.92 Å². The molecule has 8 heteroatoms. The fraction of sp³-hybridized carbons (Fsp3) is 0.258. The molecule has 1 N–H and O–H groups in total. The Morgan fingerprint density at radius 2 is 1.77 bits per heavy atom. The lowest BCUT2D eigenvalue weighted by Gasteiger charge is -2.28. The number of carbonyl (C=O) groups is 1. The van der Waals surface area contributed by atoms with Crippen LogP contribution in [0.15, 0.2) is 77.3 Å². The minimum Gasteiger partial charge on any atom is -0.487 e. The molecule has 1 aliphatic rings. The van der Waals surface area contributed by atoms with E-state index in [0.717, 1.165) is 62.8 Å². The molecule has 3 aromatic carbocycles. The summed E-state index contributed by atoms with van der Waals surface area (Å²) in [4.78, 5) is 21.9. The van der Waals surface area contributed by atoms with Crippen LogP contribution in [-0.2, 0) is 17.9 Å². The summed E-state index contributed by atoms with van der Waals surface area (Å²) in [5, 5.41) is 11.7. The van der Waals surface area contributed by atoms with Crippen molar-refractivity contribution in [1.82, 2.24) is 14.5 Å². The smallest absolute Gasteiger partial charge is 0.307 e. The van der Waals surface area contributed by atoms with Crippen LogP contribution in [0.4, 0.5) is 0 Å². The van der Waals surface area contributed by atoms with Crippen LogP contribution in [0.25, 0.3) is 21.9 Å². The second-order valence-electron chi connectivity index (χ2n) is 10.1. The van der Waals surface area contributed by atoms with Crippen LogP contribution >= 0.6 is 27.5 Å². The van der Waals surface area contributed by atoms with Crippen molar-refractivity contribution >= 4 is 55.4 Å². The summed E-state index contributed by atoms with van der Waals surface area (Å²) in [7, 11) is 0. The van der Waals surface area contributed by atoms with Gasteiger partial charge in [0.25, 0.3) is 0 Å². The maximum atomic E-state index is 12.2. The highest BCUT2D eigenvalue weighted by Gasteiger charge is 2.35. The van der Waals surface area contributed by atoms with Crippen LogP contribution in [0.3, 0.4) is 0 Å². The van der Waals surface area contributed by atoms with Gasteiger partial charge in [0.2, 0.25) is 0 Å². The van der Waals surface area contributed by atoms with Crippen LogP contribution in [0.2, 0.25) is 5.02 Å². The number of nitrogens with zero attached hydrogens (tertiary/aromatic N) is 3. The molecule has 6 rings (SSSR count). The second-order valence-corrected chi connectivity index (χ2v) is 11.4. The summed E-state index contributed by atoms with van der Waals surface area (Å²) in [5.41, 5.74) is 4.53. The van der Waals surface area contributed by atoms with Crippen molar-refractivity contribution in [3.05, 3.63) is 99.4 Å². The topological polar surface area (TPSA) is 77.2 Å². The minimum absolute atomic E-state index is 0.128. The molecule has 39 heavy (non-hydrogen) atoms. The first kappa shape index (κ1) is 25.8. The Labute approximate surface area is 239 Å². The van der Waals surface area contributed by atoms with Gasteiger partial charge in [-0.05, 0) is 60.9 Å². The summed E-state index contributed by atoms with van der Waals surface area (Å²) >= 11 is 9.65. The first-order chi connectivity index (χ1) is 18.9. The van der Waals surface area contributed by atoms with Gasteiger partial charge < -0.3 is 14.4 Å². The zero-order chi connectivity index (χ0) is 26.9. The number of hydrogen-bond acceptors (Lipinski definition) is 4. The molecule has 5 aromatic rings. The monoisotopic (exact) mass is 603 g/mol. The molecule has 2 atom stereocenters. The predicted molar refractivity (Wildman–Crippen MR) is 156 cm³/mol. The number of hydrogen-bond donors (Lipinski definition) is 1. The number of rotatable bonds is 7. The Bertz CT molecular complexity index is 1670. The highest BCUT2D eigenvalue weighted by molar-refractivity contribution is 9.10. The summed E-state index contributed by atoms with van der Waals surface area (Å²) in [6.07, 6.45) is 3.45. The van der Waals surface area contributed by atoms with Gasteiger partial charge in [-0.2, -0.15) is 0 Å². The lowest BCUT2D eigenvalue weighted by Crippen LogP contribution is -2.27. The fourth-order valence-electron chi connectivity index (χ4n) is 5.55. The molecule has 0 bridgehead atoms. The van der Waals surface area contributed by atoms with E-state index in [1.807, 2.05) is 60.7 Å².